The zero-order valence-corrected chi connectivity index (χ0v) is 11.5. The minimum atomic E-state index is -0.107. The molecule has 0 aromatic carbocycles. The van der Waals surface area contributed by atoms with Gasteiger partial charge < -0.3 is 4.84 Å². The van der Waals surface area contributed by atoms with E-state index in [4.69, 9.17) is 4.84 Å². The summed E-state index contributed by atoms with van der Waals surface area (Å²) in [5.74, 6) is 0.532. The topological polar surface area (TPSA) is 38.7 Å². The Morgan fingerprint density at radius 3 is 1.94 bits per heavy atom. The standard InChI is InChI=1S/C15H25NO2/c1-12(13-8-4-2-5-9-13)16-18-15(17)14-10-6-3-7-11-14/h13-14H,2-11H2,1H3/b16-12-. The Hall–Kier alpha value is -0.860. The van der Waals surface area contributed by atoms with Crippen LogP contribution in [0.4, 0.5) is 0 Å². The molecule has 0 atom stereocenters. The molecule has 0 spiro atoms. The molecular weight excluding hydrogens is 226 g/mol. The summed E-state index contributed by atoms with van der Waals surface area (Å²) in [6, 6.07) is 0. The molecule has 0 bridgehead atoms. The van der Waals surface area contributed by atoms with E-state index in [9.17, 15) is 4.79 Å². The van der Waals surface area contributed by atoms with Gasteiger partial charge >= 0.3 is 5.97 Å². The zero-order valence-electron chi connectivity index (χ0n) is 11.5. The van der Waals surface area contributed by atoms with Crippen LogP contribution in [0, 0.1) is 11.8 Å². The highest BCUT2D eigenvalue weighted by atomic mass is 16.7. The monoisotopic (exact) mass is 251 g/mol. The largest absolute Gasteiger partial charge is 0.338 e. The van der Waals surface area contributed by atoms with Crippen molar-refractivity contribution in [3.63, 3.8) is 0 Å². The molecule has 3 heteroatoms. The molecule has 0 unspecified atom stereocenters. The van der Waals surface area contributed by atoms with E-state index in [1.54, 1.807) is 0 Å². The average molecular weight is 251 g/mol. The van der Waals surface area contributed by atoms with Gasteiger partial charge in [-0.2, -0.15) is 0 Å². The van der Waals surface area contributed by atoms with Crippen molar-refractivity contribution in [3.8, 4) is 0 Å². The summed E-state index contributed by atoms with van der Waals surface area (Å²) in [7, 11) is 0. The Labute approximate surface area is 110 Å². The molecule has 0 amide bonds. The van der Waals surface area contributed by atoms with Crippen LogP contribution in [0.25, 0.3) is 0 Å². The minimum Gasteiger partial charge on any atom is -0.318 e. The van der Waals surface area contributed by atoms with Gasteiger partial charge in [0.25, 0.3) is 0 Å². The van der Waals surface area contributed by atoms with E-state index in [1.165, 1.54) is 38.5 Å². The molecule has 2 aliphatic carbocycles. The predicted octanol–water partition coefficient (Wildman–Crippen LogP) is 4.07. The zero-order chi connectivity index (χ0) is 12.8. The number of carbonyl (C=O) groups is 1. The van der Waals surface area contributed by atoms with E-state index in [2.05, 4.69) is 5.16 Å². The normalized spacial score (nSPS) is 23.9. The summed E-state index contributed by atoms with van der Waals surface area (Å²) in [4.78, 5) is 17.0. The second-order valence-electron chi connectivity index (χ2n) is 5.81. The van der Waals surface area contributed by atoms with Gasteiger partial charge in [-0.15, -0.1) is 0 Å². The number of oxime groups is 1. The summed E-state index contributed by atoms with van der Waals surface area (Å²) in [6.07, 6.45) is 11.9. The Kier molecular flexibility index (Phi) is 5.21. The first-order valence-electron chi connectivity index (χ1n) is 7.52. The molecular formula is C15H25NO2. The summed E-state index contributed by atoms with van der Waals surface area (Å²) < 4.78 is 0. The van der Waals surface area contributed by atoms with E-state index in [0.717, 1.165) is 31.4 Å². The van der Waals surface area contributed by atoms with Gasteiger partial charge in [-0.3, -0.25) is 0 Å². The van der Waals surface area contributed by atoms with Gasteiger partial charge in [0.1, 0.15) is 0 Å². The molecule has 18 heavy (non-hydrogen) atoms. The second-order valence-corrected chi connectivity index (χ2v) is 5.81. The van der Waals surface area contributed by atoms with Crippen molar-refractivity contribution in [1.82, 2.24) is 0 Å². The quantitative estimate of drug-likeness (QED) is 0.431. The number of rotatable bonds is 3. The highest BCUT2D eigenvalue weighted by Gasteiger charge is 2.23. The molecule has 2 fully saturated rings. The Bertz CT molecular complexity index is 300. The molecule has 2 rings (SSSR count). The Morgan fingerprint density at radius 2 is 1.39 bits per heavy atom. The molecule has 0 aliphatic heterocycles. The maximum Gasteiger partial charge on any atom is 0.338 e. The first-order valence-corrected chi connectivity index (χ1v) is 7.52. The van der Waals surface area contributed by atoms with E-state index in [1.807, 2.05) is 6.92 Å². The van der Waals surface area contributed by atoms with Gasteiger partial charge in [0.15, 0.2) is 0 Å². The van der Waals surface area contributed by atoms with Gasteiger partial charge in [-0.1, -0.05) is 43.7 Å². The average Bonchev–Trinajstić information content (AvgIpc) is 2.46. The van der Waals surface area contributed by atoms with Gasteiger partial charge in [0, 0.05) is 5.92 Å². The molecule has 0 N–H and O–H groups in total. The second kappa shape index (κ2) is 6.91. The number of hydrogen-bond donors (Lipinski definition) is 0. The molecule has 0 aromatic rings. The molecule has 3 nitrogen and oxygen atoms in total. The summed E-state index contributed by atoms with van der Waals surface area (Å²) >= 11 is 0. The minimum absolute atomic E-state index is 0.0988. The maximum atomic E-state index is 11.9. The van der Waals surface area contributed by atoms with Gasteiger partial charge in [0.05, 0.1) is 11.6 Å². The van der Waals surface area contributed by atoms with Crippen LogP contribution in [-0.2, 0) is 9.63 Å². The van der Waals surface area contributed by atoms with Crippen LogP contribution in [0.15, 0.2) is 5.16 Å². The molecule has 0 saturated heterocycles. The SMILES string of the molecule is C/C(=N/OC(=O)C1CCCCC1)C1CCCCC1. The summed E-state index contributed by atoms with van der Waals surface area (Å²) in [5, 5.41) is 4.09. The van der Waals surface area contributed by atoms with Crippen molar-refractivity contribution in [1.29, 1.82) is 0 Å². The fraction of sp³-hybridized carbons (Fsp3) is 0.867. The van der Waals surface area contributed by atoms with Gasteiger partial charge in [0.2, 0.25) is 0 Å². The van der Waals surface area contributed by atoms with Crippen LogP contribution >= 0.6 is 0 Å². The molecule has 0 aromatic heterocycles. The van der Waals surface area contributed by atoms with Crippen molar-refractivity contribution in [3.05, 3.63) is 0 Å². The predicted molar refractivity (Wildman–Crippen MR) is 72.4 cm³/mol. The lowest BCUT2D eigenvalue weighted by molar-refractivity contribution is -0.149. The van der Waals surface area contributed by atoms with Crippen LogP contribution in [0.5, 0.6) is 0 Å². The summed E-state index contributed by atoms with van der Waals surface area (Å²) in [6.45, 7) is 2.00. The highest BCUT2D eigenvalue weighted by Crippen LogP contribution is 2.26. The molecule has 0 radical (unpaired) electrons. The van der Waals surface area contributed by atoms with Gasteiger partial charge in [-0.05, 0) is 32.6 Å². The fourth-order valence-electron chi connectivity index (χ4n) is 3.12. The first-order chi connectivity index (χ1) is 8.77. The summed E-state index contributed by atoms with van der Waals surface area (Å²) in [5.41, 5.74) is 1.01. The Morgan fingerprint density at radius 1 is 0.889 bits per heavy atom. The number of nitrogens with zero attached hydrogens (tertiary/aromatic N) is 1. The van der Waals surface area contributed by atoms with Crippen molar-refractivity contribution in [2.24, 2.45) is 17.0 Å². The van der Waals surface area contributed by atoms with Crippen molar-refractivity contribution in [2.75, 3.05) is 0 Å². The van der Waals surface area contributed by atoms with Crippen LogP contribution in [0.2, 0.25) is 0 Å². The van der Waals surface area contributed by atoms with E-state index >= 15 is 0 Å². The molecule has 2 aliphatic rings. The lowest BCUT2D eigenvalue weighted by Crippen LogP contribution is -2.20. The van der Waals surface area contributed by atoms with Crippen LogP contribution < -0.4 is 0 Å². The highest BCUT2D eigenvalue weighted by molar-refractivity contribution is 5.85. The lowest BCUT2D eigenvalue weighted by Gasteiger charge is -2.21. The third-order valence-corrected chi connectivity index (χ3v) is 4.41. The smallest absolute Gasteiger partial charge is 0.318 e. The number of carbonyl (C=O) groups excluding carboxylic acids is 1. The third-order valence-electron chi connectivity index (χ3n) is 4.41. The van der Waals surface area contributed by atoms with E-state index in [-0.39, 0.29) is 11.9 Å². The Balaban J connectivity index is 1.79. The van der Waals surface area contributed by atoms with Crippen molar-refractivity contribution >= 4 is 11.7 Å². The van der Waals surface area contributed by atoms with Crippen molar-refractivity contribution < 1.29 is 9.63 Å². The first kappa shape index (κ1) is 13.6. The van der Waals surface area contributed by atoms with Crippen molar-refractivity contribution in [2.45, 2.75) is 71.1 Å². The number of hydrogen-bond acceptors (Lipinski definition) is 3. The van der Waals surface area contributed by atoms with E-state index in [0.29, 0.717) is 5.92 Å². The molecule has 2 saturated carbocycles. The van der Waals surface area contributed by atoms with Gasteiger partial charge in [-0.25, -0.2) is 4.79 Å². The van der Waals surface area contributed by atoms with Crippen LogP contribution in [-0.4, -0.2) is 11.7 Å². The van der Waals surface area contributed by atoms with E-state index < -0.39 is 0 Å². The third kappa shape index (κ3) is 3.82. The molecule has 0 heterocycles. The maximum absolute atomic E-state index is 11.9. The fourth-order valence-corrected chi connectivity index (χ4v) is 3.12. The lowest BCUT2D eigenvalue weighted by atomic mass is 9.86. The van der Waals surface area contributed by atoms with Crippen LogP contribution in [0.1, 0.15) is 71.1 Å². The molecule has 102 valence electrons. The van der Waals surface area contributed by atoms with Crippen LogP contribution in [0.3, 0.4) is 0 Å².